The van der Waals surface area contributed by atoms with Crippen LogP contribution in [0.1, 0.15) is 11.1 Å². The van der Waals surface area contributed by atoms with Gasteiger partial charge in [0.1, 0.15) is 12.1 Å². The molecule has 0 radical (unpaired) electrons. The average Bonchev–Trinajstić information content (AvgIpc) is 2.72. The highest BCUT2D eigenvalue weighted by atomic mass is 19.1. The van der Waals surface area contributed by atoms with E-state index < -0.39 is 5.95 Å². The molecule has 0 atom stereocenters. The summed E-state index contributed by atoms with van der Waals surface area (Å²) in [7, 11) is 0. The summed E-state index contributed by atoms with van der Waals surface area (Å²) in [5.41, 5.74) is 2.56. The van der Waals surface area contributed by atoms with Gasteiger partial charge < -0.3 is 4.90 Å². The summed E-state index contributed by atoms with van der Waals surface area (Å²) in [5.74, 6) is 0.157. The monoisotopic (exact) mass is 215 g/mol. The van der Waals surface area contributed by atoms with Gasteiger partial charge in [0, 0.05) is 19.2 Å². The van der Waals surface area contributed by atoms with Crippen molar-refractivity contribution in [2.45, 2.75) is 13.1 Å². The molecule has 3 rings (SSSR count). The van der Waals surface area contributed by atoms with Crippen LogP contribution in [0, 0.1) is 5.95 Å². The Morgan fingerprint density at radius 2 is 1.75 bits per heavy atom. The smallest absolute Gasteiger partial charge is 0.218 e. The second-order valence-corrected chi connectivity index (χ2v) is 3.82. The molecular weight excluding hydrogens is 205 g/mol. The van der Waals surface area contributed by atoms with Crippen molar-refractivity contribution in [3.8, 4) is 0 Å². The summed E-state index contributed by atoms with van der Waals surface area (Å²) in [6, 6.07) is 9.58. The van der Waals surface area contributed by atoms with Crippen LogP contribution in [0.2, 0.25) is 0 Å². The Morgan fingerprint density at radius 1 is 1.06 bits per heavy atom. The summed E-state index contributed by atoms with van der Waals surface area (Å²) in [5, 5.41) is 0. The largest absolute Gasteiger partial charge is 0.348 e. The molecule has 1 aromatic heterocycles. The van der Waals surface area contributed by atoms with E-state index in [-0.39, 0.29) is 0 Å². The minimum absolute atomic E-state index is 0.485. The van der Waals surface area contributed by atoms with E-state index in [4.69, 9.17) is 0 Å². The van der Waals surface area contributed by atoms with Gasteiger partial charge in [-0.3, -0.25) is 0 Å². The van der Waals surface area contributed by atoms with Gasteiger partial charge in [0.15, 0.2) is 0 Å². The van der Waals surface area contributed by atoms with E-state index >= 15 is 0 Å². The molecule has 1 aromatic carbocycles. The topological polar surface area (TPSA) is 29.0 Å². The van der Waals surface area contributed by atoms with Crippen LogP contribution in [0.25, 0.3) is 0 Å². The van der Waals surface area contributed by atoms with Crippen molar-refractivity contribution in [2.24, 2.45) is 0 Å². The van der Waals surface area contributed by atoms with Crippen molar-refractivity contribution in [3.63, 3.8) is 0 Å². The highest BCUT2D eigenvalue weighted by Crippen LogP contribution is 2.26. The van der Waals surface area contributed by atoms with Crippen molar-refractivity contribution in [3.05, 3.63) is 53.7 Å². The number of fused-ring (bicyclic) bond motifs is 1. The van der Waals surface area contributed by atoms with Crippen molar-refractivity contribution < 1.29 is 4.39 Å². The maximum Gasteiger partial charge on any atom is 0.218 e. The fourth-order valence-corrected chi connectivity index (χ4v) is 1.99. The standard InChI is InChI=1S/C12H10FN3/c13-11-5-12(15-8-14-11)16-6-9-3-1-2-4-10(9)7-16/h1-5,8H,6-7H2. The second-order valence-electron chi connectivity index (χ2n) is 3.82. The van der Waals surface area contributed by atoms with Gasteiger partial charge in [-0.05, 0) is 11.1 Å². The van der Waals surface area contributed by atoms with E-state index in [9.17, 15) is 4.39 Å². The first kappa shape index (κ1) is 9.27. The molecule has 0 aliphatic carbocycles. The van der Waals surface area contributed by atoms with Crippen molar-refractivity contribution in [1.29, 1.82) is 0 Å². The normalized spacial score (nSPS) is 13.9. The maximum atomic E-state index is 13.0. The summed E-state index contributed by atoms with van der Waals surface area (Å²) < 4.78 is 13.0. The maximum absolute atomic E-state index is 13.0. The molecule has 0 saturated carbocycles. The summed E-state index contributed by atoms with van der Waals surface area (Å²) in [6.45, 7) is 1.57. The molecule has 0 N–H and O–H groups in total. The molecule has 0 fully saturated rings. The summed E-state index contributed by atoms with van der Waals surface area (Å²) in [6.07, 6.45) is 1.26. The first-order valence-electron chi connectivity index (χ1n) is 5.12. The number of nitrogens with zero attached hydrogens (tertiary/aromatic N) is 3. The zero-order chi connectivity index (χ0) is 11.0. The van der Waals surface area contributed by atoms with Crippen LogP contribution in [-0.4, -0.2) is 9.97 Å². The van der Waals surface area contributed by atoms with Gasteiger partial charge in [-0.1, -0.05) is 24.3 Å². The van der Waals surface area contributed by atoms with Gasteiger partial charge in [-0.15, -0.1) is 0 Å². The third-order valence-corrected chi connectivity index (χ3v) is 2.78. The van der Waals surface area contributed by atoms with E-state index in [2.05, 4.69) is 22.1 Å². The van der Waals surface area contributed by atoms with Gasteiger partial charge in [0.05, 0.1) is 0 Å². The van der Waals surface area contributed by atoms with Crippen molar-refractivity contribution in [2.75, 3.05) is 4.90 Å². The molecule has 0 bridgehead atoms. The highest BCUT2D eigenvalue weighted by molar-refractivity contribution is 5.46. The van der Waals surface area contributed by atoms with Crippen LogP contribution in [-0.2, 0) is 13.1 Å². The molecular formula is C12H10FN3. The van der Waals surface area contributed by atoms with Gasteiger partial charge in [-0.25, -0.2) is 9.97 Å². The van der Waals surface area contributed by atoms with Crippen molar-refractivity contribution >= 4 is 5.82 Å². The number of rotatable bonds is 1. The van der Waals surface area contributed by atoms with Gasteiger partial charge >= 0.3 is 0 Å². The van der Waals surface area contributed by atoms with Crippen LogP contribution < -0.4 is 4.90 Å². The first-order chi connectivity index (χ1) is 7.83. The fourth-order valence-electron chi connectivity index (χ4n) is 1.99. The fraction of sp³-hybridized carbons (Fsp3) is 0.167. The average molecular weight is 215 g/mol. The molecule has 0 amide bonds. The van der Waals surface area contributed by atoms with Crippen molar-refractivity contribution in [1.82, 2.24) is 9.97 Å². The van der Waals surface area contributed by atoms with Gasteiger partial charge in [0.25, 0.3) is 0 Å². The molecule has 3 nitrogen and oxygen atoms in total. The third-order valence-electron chi connectivity index (χ3n) is 2.78. The van der Waals surface area contributed by atoms with Gasteiger partial charge in [0.2, 0.25) is 5.95 Å². The third kappa shape index (κ3) is 1.52. The molecule has 2 heterocycles. The summed E-state index contributed by atoms with van der Waals surface area (Å²) in [4.78, 5) is 9.57. The number of halogens is 1. The van der Waals surface area contributed by atoms with Crippen LogP contribution in [0.4, 0.5) is 10.2 Å². The predicted octanol–water partition coefficient (Wildman–Crippen LogP) is 2.14. The molecule has 0 spiro atoms. The Bertz CT molecular complexity index is 502. The molecule has 16 heavy (non-hydrogen) atoms. The van der Waals surface area contributed by atoms with E-state index in [1.807, 2.05) is 17.0 Å². The number of anilines is 1. The molecule has 1 aliphatic rings. The van der Waals surface area contributed by atoms with Crippen LogP contribution in [0.15, 0.2) is 36.7 Å². The highest BCUT2D eigenvalue weighted by Gasteiger charge is 2.19. The number of hydrogen-bond donors (Lipinski definition) is 0. The summed E-state index contributed by atoms with van der Waals surface area (Å²) >= 11 is 0. The Balaban J connectivity index is 1.91. The molecule has 0 unspecified atom stereocenters. The van der Waals surface area contributed by atoms with Crippen LogP contribution in [0.5, 0.6) is 0 Å². The van der Waals surface area contributed by atoms with Crippen LogP contribution in [0.3, 0.4) is 0 Å². The van der Waals surface area contributed by atoms with Gasteiger partial charge in [-0.2, -0.15) is 4.39 Å². The number of aromatic nitrogens is 2. The Morgan fingerprint density at radius 3 is 2.38 bits per heavy atom. The van der Waals surface area contributed by atoms with Crippen LogP contribution >= 0.6 is 0 Å². The Hall–Kier alpha value is -1.97. The number of benzene rings is 1. The predicted molar refractivity (Wildman–Crippen MR) is 58.3 cm³/mol. The molecule has 1 aliphatic heterocycles. The zero-order valence-electron chi connectivity index (χ0n) is 8.60. The lowest BCUT2D eigenvalue weighted by Crippen LogP contribution is -2.16. The molecule has 80 valence electrons. The van der Waals surface area contributed by atoms with E-state index in [1.165, 1.54) is 23.5 Å². The number of hydrogen-bond acceptors (Lipinski definition) is 3. The molecule has 4 heteroatoms. The SMILES string of the molecule is Fc1cc(N2Cc3ccccc3C2)ncn1. The minimum atomic E-state index is -0.485. The zero-order valence-corrected chi connectivity index (χ0v) is 8.60. The lowest BCUT2D eigenvalue weighted by Gasteiger charge is -2.15. The van der Waals surface area contributed by atoms with E-state index in [1.54, 1.807) is 0 Å². The lowest BCUT2D eigenvalue weighted by atomic mass is 10.1. The molecule has 0 saturated heterocycles. The quantitative estimate of drug-likeness (QED) is 0.682. The Labute approximate surface area is 92.6 Å². The van der Waals surface area contributed by atoms with E-state index in [0.29, 0.717) is 5.82 Å². The first-order valence-corrected chi connectivity index (χ1v) is 5.12. The van der Waals surface area contributed by atoms with E-state index in [0.717, 1.165) is 13.1 Å². The molecule has 2 aromatic rings. The second kappa shape index (κ2) is 3.56. The lowest BCUT2D eigenvalue weighted by molar-refractivity contribution is 0.578. The minimum Gasteiger partial charge on any atom is -0.348 e. The Kier molecular flexibility index (Phi) is 2.06.